The molecule has 0 saturated heterocycles. The molecule has 0 unspecified atom stereocenters. The predicted octanol–water partition coefficient (Wildman–Crippen LogP) is 4.84. The number of nitrogens with two attached hydrogens (primary N) is 1. The molecule has 0 amide bonds. The van der Waals surface area contributed by atoms with E-state index in [1.807, 2.05) is 0 Å². The van der Waals surface area contributed by atoms with Gasteiger partial charge in [-0.1, -0.05) is 12.1 Å². The van der Waals surface area contributed by atoms with Crippen molar-refractivity contribution in [1.29, 1.82) is 0 Å². The van der Waals surface area contributed by atoms with E-state index in [-0.39, 0.29) is 10.2 Å². The Morgan fingerprint density at radius 2 is 1.68 bits per heavy atom. The van der Waals surface area contributed by atoms with E-state index in [0.29, 0.717) is 11.4 Å². The molecule has 0 heterocycles. The summed E-state index contributed by atoms with van der Waals surface area (Å²) >= 11 is 3.06. The average molecular weight is 332 g/mol. The van der Waals surface area contributed by atoms with Gasteiger partial charge in [-0.3, -0.25) is 0 Å². The number of nitrogen functional groups attached to an aromatic ring is 1. The minimum absolute atomic E-state index is 0.213. The fraction of sp³-hybridized carbons (Fsp3) is 0.0769. The second kappa shape index (κ2) is 5.13. The molecule has 2 rings (SSSR count). The summed E-state index contributed by atoms with van der Waals surface area (Å²) in [5.41, 5.74) is 5.37. The number of ether oxygens (including phenoxy) is 1. The van der Waals surface area contributed by atoms with Crippen LogP contribution < -0.4 is 10.5 Å². The molecule has 0 radical (unpaired) electrons. The largest absolute Gasteiger partial charge is 0.454 e. The number of benzene rings is 2. The lowest BCUT2D eigenvalue weighted by Gasteiger charge is -2.12. The Hall–Kier alpha value is -1.69. The lowest BCUT2D eigenvalue weighted by molar-refractivity contribution is -0.137. The van der Waals surface area contributed by atoms with Crippen molar-refractivity contribution in [2.75, 3.05) is 5.73 Å². The smallest absolute Gasteiger partial charge is 0.416 e. The average Bonchev–Trinajstić information content (AvgIpc) is 2.33. The zero-order valence-corrected chi connectivity index (χ0v) is 11.1. The van der Waals surface area contributed by atoms with Gasteiger partial charge >= 0.3 is 6.18 Å². The van der Waals surface area contributed by atoms with Crippen molar-refractivity contribution in [3.8, 4) is 11.5 Å². The van der Waals surface area contributed by atoms with Crippen LogP contribution in [0.5, 0.6) is 11.5 Å². The SMILES string of the molecule is Nc1ccccc1Oc1ccc(C(F)(F)F)cc1Br. The first-order valence-corrected chi connectivity index (χ1v) is 6.06. The van der Waals surface area contributed by atoms with Crippen molar-refractivity contribution < 1.29 is 17.9 Å². The molecule has 0 aliphatic heterocycles. The highest BCUT2D eigenvalue weighted by Gasteiger charge is 2.31. The van der Waals surface area contributed by atoms with Crippen molar-refractivity contribution in [1.82, 2.24) is 0 Å². The molecule has 2 aromatic carbocycles. The van der Waals surface area contributed by atoms with Gasteiger partial charge in [0, 0.05) is 0 Å². The molecule has 0 bridgehead atoms. The molecular weight excluding hydrogens is 323 g/mol. The van der Waals surface area contributed by atoms with E-state index < -0.39 is 11.7 Å². The van der Waals surface area contributed by atoms with Crippen molar-refractivity contribution in [3.63, 3.8) is 0 Å². The Labute approximate surface area is 116 Å². The van der Waals surface area contributed by atoms with Gasteiger partial charge in [-0.05, 0) is 46.3 Å². The van der Waals surface area contributed by atoms with Gasteiger partial charge in [-0.2, -0.15) is 13.2 Å². The zero-order chi connectivity index (χ0) is 14.0. The number of hydrogen-bond acceptors (Lipinski definition) is 2. The van der Waals surface area contributed by atoms with E-state index in [4.69, 9.17) is 10.5 Å². The first kappa shape index (κ1) is 13.7. The van der Waals surface area contributed by atoms with Gasteiger partial charge in [0.15, 0.2) is 0 Å². The summed E-state index contributed by atoms with van der Waals surface area (Å²) in [7, 11) is 0. The lowest BCUT2D eigenvalue weighted by atomic mass is 10.2. The molecule has 0 aliphatic rings. The van der Waals surface area contributed by atoms with Crippen LogP contribution in [-0.4, -0.2) is 0 Å². The van der Waals surface area contributed by atoms with Crippen LogP contribution in [0.2, 0.25) is 0 Å². The van der Waals surface area contributed by atoms with Gasteiger partial charge in [-0.25, -0.2) is 0 Å². The van der Waals surface area contributed by atoms with E-state index in [2.05, 4.69) is 15.9 Å². The van der Waals surface area contributed by atoms with Crippen molar-refractivity contribution >= 4 is 21.6 Å². The molecule has 0 aliphatic carbocycles. The number of halogens is 4. The highest BCUT2D eigenvalue weighted by atomic mass is 79.9. The molecule has 0 aromatic heterocycles. The van der Waals surface area contributed by atoms with E-state index in [0.717, 1.165) is 12.1 Å². The van der Waals surface area contributed by atoms with Gasteiger partial charge in [0.2, 0.25) is 0 Å². The van der Waals surface area contributed by atoms with Crippen LogP contribution in [0.3, 0.4) is 0 Å². The summed E-state index contributed by atoms with van der Waals surface area (Å²) in [6, 6.07) is 9.92. The van der Waals surface area contributed by atoms with Crippen LogP contribution in [0.1, 0.15) is 5.56 Å². The highest BCUT2D eigenvalue weighted by molar-refractivity contribution is 9.10. The topological polar surface area (TPSA) is 35.2 Å². The Kier molecular flexibility index (Phi) is 3.71. The lowest BCUT2D eigenvalue weighted by Crippen LogP contribution is -2.04. The summed E-state index contributed by atoms with van der Waals surface area (Å²) in [6.45, 7) is 0. The van der Waals surface area contributed by atoms with Gasteiger partial charge < -0.3 is 10.5 Å². The Bertz CT molecular complexity index is 599. The maximum atomic E-state index is 12.5. The highest BCUT2D eigenvalue weighted by Crippen LogP contribution is 2.37. The van der Waals surface area contributed by atoms with Crippen molar-refractivity contribution in [2.45, 2.75) is 6.18 Å². The molecule has 2 N–H and O–H groups in total. The van der Waals surface area contributed by atoms with Gasteiger partial charge in [0.05, 0.1) is 15.7 Å². The molecule has 0 spiro atoms. The molecule has 100 valence electrons. The maximum Gasteiger partial charge on any atom is 0.416 e. The second-order valence-electron chi connectivity index (χ2n) is 3.78. The molecule has 0 atom stereocenters. The Balaban J connectivity index is 2.30. The summed E-state index contributed by atoms with van der Waals surface area (Å²) in [5.74, 6) is 0.661. The first-order valence-electron chi connectivity index (χ1n) is 5.27. The third-order valence-electron chi connectivity index (χ3n) is 2.40. The third kappa shape index (κ3) is 3.20. The third-order valence-corrected chi connectivity index (χ3v) is 3.02. The number of rotatable bonds is 2. The quantitative estimate of drug-likeness (QED) is 0.799. The van der Waals surface area contributed by atoms with E-state index >= 15 is 0 Å². The van der Waals surface area contributed by atoms with Gasteiger partial charge in [0.1, 0.15) is 11.5 Å². The normalized spacial score (nSPS) is 11.4. The van der Waals surface area contributed by atoms with Crippen LogP contribution >= 0.6 is 15.9 Å². The molecule has 2 nitrogen and oxygen atoms in total. The summed E-state index contributed by atoms with van der Waals surface area (Å²) in [6.07, 6.45) is -4.38. The predicted molar refractivity (Wildman–Crippen MR) is 70.1 cm³/mol. The van der Waals surface area contributed by atoms with Gasteiger partial charge in [-0.15, -0.1) is 0 Å². The van der Waals surface area contributed by atoms with Crippen molar-refractivity contribution in [2.24, 2.45) is 0 Å². The fourth-order valence-corrected chi connectivity index (χ4v) is 1.91. The second-order valence-corrected chi connectivity index (χ2v) is 4.64. The summed E-state index contributed by atoms with van der Waals surface area (Å²) < 4.78 is 43.2. The molecule has 6 heteroatoms. The maximum absolute atomic E-state index is 12.5. The van der Waals surface area contributed by atoms with Crippen LogP contribution in [-0.2, 0) is 6.18 Å². The molecule has 0 saturated carbocycles. The standard InChI is InChI=1S/C13H9BrF3NO/c14-9-7-8(13(15,16)17)5-6-11(9)19-12-4-2-1-3-10(12)18/h1-7H,18H2. The zero-order valence-electron chi connectivity index (χ0n) is 9.54. The van der Waals surface area contributed by atoms with Crippen LogP contribution in [0, 0.1) is 0 Å². The first-order chi connectivity index (χ1) is 8.88. The van der Waals surface area contributed by atoms with Crippen LogP contribution in [0.25, 0.3) is 0 Å². The minimum atomic E-state index is -4.38. The monoisotopic (exact) mass is 331 g/mol. The minimum Gasteiger partial charge on any atom is -0.454 e. The molecular formula is C13H9BrF3NO. The van der Waals surface area contributed by atoms with Crippen LogP contribution in [0.4, 0.5) is 18.9 Å². The van der Waals surface area contributed by atoms with Crippen LogP contribution in [0.15, 0.2) is 46.9 Å². The molecule has 19 heavy (non-hydrogen) atoms. The van der Waals surface area contributed by atoms with E-state index in [9.17, 15) is 13.2 Å². The summed E-state index contributed by atoms with van der Waals surface area (Å²) in [4.78, 5) is 0. The Morgan fingerprint density at radius 1 is 1.00 bits per heavy atom. The Morgan fingerprint density at radius 3 is 2.26 bits per heavy atom. The number of alkyl halides is 3. The van der Waals surface area contributed by atoms with E-state index in [1.165, 1.54) is 6.07 Å². The number of anilines is 1. The number of hydrogen-bond donors (Lipinski definition) is 1. The summed E-state index contributed by atoms with van der Waals surface area (Å²) in [5, 5.41) is 0. The van der Waals surface area contributed by atoms with Gasteiger partial charge in [0.25, 0.3) is 0 Å². The molecule has 0 fully saturated rings. The van der Waals surface area contributed by atoms with Crippen molar-refractivity contribution in [3.05, 3.63) is 52.5 Å². The van der Waals surface area contributed by atoms with E-state index in [1.54, 1.807) is 24.3 Å². The fourth-order valence-electron chi connectivity index (χ4n) is 1.45. The molecule has 2 aromatic rings. The number of para-hydroxylation sites is 2.